The average Bonchev–Trinajstić information content (AvgIpc) is 2.96. The van der Waals surface area contributed by atoms with Crippen molar-refractivity contribution in [1.82, 2.24) is 4.57 Å². The Morgan fingerprint density at radius 3 is 2.43 bits per heavy atom. The quantitative estimate of drug-likeness (QED) is 0.354. The smallest absolute Gasteiger partial charge is 0.335 e. The van der Waals surface area contributed by atoms with E-state index in [2.05, 4.69) is 0 Å². The molecule has 0 amide bonds. The molecular weight excluding hydrogens is 459 g/mol. The Kier molecular flexibility index (Phi) is 5.98. The van der Waals surface area contributed by atoms with Gasteiger partial charge < -0.3 is 19.5 Å². The van der Waals surface area contributed by atoms with Gasteiger partial charge in [-0.3, -0.25) is 0 Å². The van der Waals surface area contributed by atoms with Crippen molar-refractivity contribution in [3.8, 4) is 22.6 Å². The van der Waals surface area contributed by atoms with E-state index in [1.165, 1.54) is 24.3 Å². The van der Waals surface area contributed by atoms with Crippen LogP contribution in [0.4, 0.5) is 13.2 Å². The van der Waals surface area contributed by atoms with Crippen molar-refractivity contribution in [2.75, 3.05) is 13.2 Å². The zero-order valence-corrected chi connectivity index (χ0v) is 18.6. The van der Waals surface area contributed by atoms with Crippen molar-refractivity contribution >= 4 is 16.9 Å². The van der Waals surface area contributed by atoms with Crippen LogP contribution in [0, 0.1) is 17.5 Å². The van der Waals surface area contributed by atoms with Crippen LogP contribution in [-0.2, 0) is 4.74 Å². The highest BCUT2D eigenvalue weighted by Crippen LogP contribution is 2.46. The fraction of sp³-hybridized carbons (Fsp3) is 0.222. The minimum atomic E-state index is -1.08. The van der Waals surface area contributed by atoms with Crippen molar-refractivity contribution in [3.63, 3.8) is 0 Å². The van der Waals surface area contributed by atoms with E-state index in [9.17, 15) is 28.2 Å². The number of hydrogen-bond acceptors (Lipinski definition) is 3. The molecule has 8 heteroatoms. The van der Waals surface area contributed by atoms with Gasteiger partial charge in [0.15, 0.2) is 11.6 Å². The van der Waals surface area contributed by atoms with E-state index in [0.717, 1.165) is 31.0 Å². The maximum absolute atomic E-state index is 14.5. The second-order valence-electron chi connectivity index (χ2n) is 8.64. The zero-order valence-electron chi connectivity index (χ0n) is 18.6. The Bertz CT molecular complexity index is 1420. The van der Waals surface area contributed by atoms with Gasteiger partial charge in [0.1, 0.15) is 11.6 Å². The lowest BCUT2D eigenvalue weighted by atomic mass is 9.90. The summed E-state index contributed by atoms with van der Waals surface area (Å²) in [4.78, 5) is 11.4. The monoisotopic (exact) mass is 481 g/mol. The molecule has 1 aromatic heterocycles. The van der Waals surface area contributed by atoms with E-state index < -0.39 is 23.4 Å². The number of hydrogen-bond donors (Lipinski definition) is 2. The molecule has 2 heterocycles. The third-order valence-electron chi connectivity index (χ3n) is 6.47. The van der Waals surface area contributed by atoms with Crippen molar-refractivity contribution in [2.24, 2.45) is 0 Å². The molecule has 1 unspecified atom stereocenters. The number of halogens is 3. The van der Waals surface area contributed by atoms with Crippen molar-refractivity contribution in [3.05, 3.63) is 83.3 Å². The highest BCUT2D eigenvalue weighted by molar-refractivity contribution is 6.03. The largest absolute Gasteiger partial charge is 0.507 e. The minimum Gasteiger partial charge on any atom is -0.507 e. The fourth-order valence-electron chi connectivity index (χ4n) is 4.92. The molecule has 0 bridgehead atoms. The SMILES string of the molecule is O=C(O)c1ccc(-c2c(C3CCCOCC3)n(-c3ccc(F)c(F)c3)c3cc(F)cc(O)c23)cc1. The number of carbonyl (C=O) groups is 1. The number of aromatic hydroxyl groups is 1. The summed E-state index contributed by atoms with van der Waals surface area (Å²) in [6, 6.07) is 11.9. The van der Waals surface area contributed by atoms with Gasteiger partial charge in [-0.2, -0.15) is 0 Å². The normalized spacial score (nSPS) is 16.4. The first-order chi connectivity index (χ1) is 16.8. The van der Waals surface area contributed by atoms with Crippen LogP contribution >= 0.6 is 0 Å². The summed E-state index contributed by atoms with van der Waals surface area (Å²) in [5.41, 5.74) is 2.58. The van der Waals surface area contributed by atoms with E-state index in [1.54, 1.807) is 16.7 Å². The summed E-state index contributed by atoms with van der Waals surface area (Å²) in [6.07, 6.45) is 2.12. The Hall–Kier alpha value is -3.78. The van der Waals surface area contributed by atoms with Gasteiger partial charge in [-0.25, -0.2) is 18.0 Å². The van der Waals surface area contributed by atoms with Crippen molar-refractivity contribution < 1.29 is 32.9 Å². The number of phenols is 1. The van der Waals surface area contributed by atoms with Crippen molar-refractivity contribution in [1.29, 1.82) is 0 Å². The van der Waals surface area contributed by atoms with Crippen LogP contribution < -0.4 is 0 Å². The number of aromatic carboxylic acids is 1. The summed E-state index contributed by atoms with van der Waals surface area (Å²) in [5, 5.41) is 20.5. The topological polar surface area (TPSA) is 71.7 Å². The number of phenolic OH excluding ortho intramolecular Hbond substituents is 1. The van der Waals surface area contributed by atoms with Gasteiger partial charge >= 0.3 is 5.97 Å². The van der Waals surface area contributed by atoms with E-state index >= 15 is 0 Å². The summed E-state index contributed by atoms with van der Waals surface area (Å²) in [5.74, 6) is -4.22. The van der Waals surface area contributed by atoms with E-state index in [0.29, 0.717) is 47.4 Å². The van der Waals surface area contributed by atoms with Gasteiger partial charge in [0.2, 0.25) is 0 Å². The molecular formula is C27H22F3NO4. The molecule has 35 heavy (non-hydrogen) atoms. The molecule has 3 aromatic carbocycles. The fourth-order valence-corrected chi connectivity index (χ4v) is 4.92. The Morgan fingerprint density at radius 1 is 0.943 bits per heavy atom. The zero-order chi connectivity index (χ0) is 24.7. The lowest BCUT2D eigenvalue weighted by molar-refractivity contribution is 0.0697. The molecule has 0 aliphatic carbocycles. The number of fused-ring (bicyclic) bond motifs is 1. The van der Waals surface area contributed by atoms with Gasteiger partial charge in [0, 0.05) is 48.2 Å². The van der Waals surface area contributed by atoms with Crippen LogP contribution in [0.15, 0.2) is 54.6 Å². The minimum absolute atomic E-state index is 0.0952. The van der Waals surface area contributed by atoms with Crippen LogP contribution in [0.25, 0.3) is 27.7 Å². The van der Waals surface area contributed by atoms with Crippen LogP contribution in [0.5, 0.6) is 5.75 Å². The third kappa shape index (κ3) is 4.14. The summed E-state index contributed by atoms with van der Waals surface area (Å²) in [6.45, 7) is 1.08. The summed E-state index contributed by atoms with van der Waals surface area (Å²) >= 11 is 0. The highest BCUT2D eigenvalue weighted by atomic mass is 19.2. The van der Waals surface area contributed by atoms with Gasteiger partial charge in [-0.1, -0.05) is 12.1 Å². The molecule has 0 saturated carbocycles. The van der Waals surface area contributed by atoms with Gasteiger partial charge in [-0.05, 0) is 55.2 Å². The number of ether oxygens (including phenoxy) is 1. The first-order valence-electron chi connectivity index (χ1n) is 11.3. The molecule has 1 saturated heterocycles. The molecule has 1 atom stereocenters. The van der Waals surface area contributed by atoms with Gasteiger partial charge in [0.05, 0.1) is 16.5 Å². The molecule has 5 rings (SSSR count). The molecule has 4 aromatic rings. The molecule has 1 fully saturated rings. The van der Waals surface area contributed by atoms with Gasteiger partial charge in [0.25, 0.3) is 0 Å². The second kappa shape index (κ2) is 9.11. The Labute approximate surface area is 199 Å². The lowest BCUT2D eigenvalue weighted by Gasteiger charge is -2.21. The van der Waals surface area contributed by atoms with Crippen LogP contribution in [-0.4, -0.2) is 34.0 Å². The van der Waals surface area contributed by atoms with Crippen LogP contribution in [0.1, 0.15) is 41.2 Å². The molecule has 1 aliphatic rings. The summed E-state index contributed by atoms with van der Waals surface area (Å²) in [7, 11) is 0. The molecule has 5 nitrogen and oxygen atoms in total. The third-order valence-corrected chi connectivity index (χ3v) is 6.47. The van der Waals surface area contributed by atoms with E-state index in [-0.39, 0.29) is 22.9 Å². The predicted molar refractivity (Wildman–Crippen MR) is 125 cm³/mol. The Morgan fingerprint density at radius 2 is 1.71 bits per heavy atom. The number of rotatable bonds is 4. The van der Waals surface area contributed by atoms with Crippen LogP contribution in [0.2, 0.25) is 0 Å². The number of benzene rings is 3. The van der Waals surface area contributed by atoms with E-state index in [1.807, 2.05) is 0 Å². The first kappa shape index (κ1) is 23.0. The highest BCUT2D eigenvalue weighted by Gasteiger charge is 2.29. The summed E-state index contributed by atoms with van der Waals surface area (Å²) < 4.78 is 50.0. The first-order valence-corrected chi connectivity index (χ1v) is 11.3. The Balaban J connectivity index is 1.89. The van der Waals surface area contributed by atoms with E-state index in [4.69, 9.17) is 4.74 Å². The standard InChI is InChI=1S/C27H22F3NO4/c28-18-12-22-25(23(32)13-18)24(15-3-5-17(6-4-15)27(33)34)26(16-2-1-10-35-11-9-16)31(22)19-7-8-20(29)21(30)14-19/h3-8,12-14,16,32H,1-2,9-11H2,(H,33,34). The molecule has 180 valence electrons. The van der Waals surface area contributed by atoms with Gasteiger partial charge in [-0.15, -0.1) is 0 Å². The number of carboxylic acid groups (broad SMARTS) is 1. The number of carboxylic acids is 1. The predicted octanol–water partition coefficient (Wildman–Crippen LogP) is 6.40. The number of aromatic nitrogens is 1. The van der Waals surface area contributed by atoms with Crippen LogP contribution in [0.3, 0.4) is 0 Å². The number of nitrogens with zero attached hydrogens (tertiary/aromatic N) is 1. The van der Waals surface area contributed by atoms with Crippen molar-refractivity contribution in [2.45, 2.75) is 25.2 Å². The average molecular weight is 481 g/mol. The lowest BCUT2D eigenvalue weighted by Crippen LogP contribution is -2.09. The maximum atomic E-state index is 14.5. The molecule has 0 spiro atoms. The maximum Gasteiger partial charge on any atom is 0.335 e. The molecule has 0 radical (unpaired) electrons. The molecule has 1 aliphatic heterocycles. The second-order valence-corrected chi connectivity index (χ2v) is 8.64. The molecule has 2 N–H and O–H groups in total.